The van der Waals surface area contributed by atoms with Gasteiger partial charge in [-0.1, -0.05) is 40.9 Å². The van der Waals surface area contributed by atoms with E-state index in [-0.39, 0.29) is 6.61 Å². The second kappa shape index (κ2) is 5.81. The fraction of sp³-hybridized carbons (Fsp3) is 0.235. The first-order valence-corrected chi connectivity index (χ1v) is 8.66. The number of nitrogens with zero attached hydrogens (tertiary/aromatic N) is 3. The van der Waals surface area contributed by atoms with Gasteiger partial charge in [0.05, 0.1) is 27.9 Å². The Kier molecular flexibility index (Phi) is 3.88. The third kappa shape index (κ3) is 2.29. The molecule has 1 aliphatic heterocycles. The normalized spacial score (nSPS) is 13.8. The number of aromatic nitrogens is 2. The molecule has 0 unspecified atom stereocenters. The quantitative estimate of drug-likeness (QED) is 0.682. The van der Waals surface area contributed by atoms with Gasteiger partial charge in [-0.15, -0.1) is 0 Å². The molecule has 4 nitrogen and oxygen atoms in total. The van der Waals surface area contributed by atoms with Gasteiger partial charge in [0.15, 0.2) is 0 Å². The summed E-state index contributed by atoms with van der Waals surface area (Å²) in [7, 11) is 0. The van der Waals surface area contributed by atoms with E-state index in [1.807, 2.05) is 19.1 Å². The number of hydrogen-bond donors (Lipinski definition) is 1. The molecule has 0 fully saturated rings. The maximum atomic E-state index is 9.64. The molecule has 0 radical (unpaired) electrons. The average molecular weight is 383 g/mol. The van der Waals surface area contributed by atoms with Crippen LogP contribution in [0.4, 0.5) is 11.6 Å². The standard InChI is InChI=1S/C17H14Cl3N3O/c1-9-6-11(18)7-13(20)15(9)22-4-5-23-16-10(8-24)2-3-12(19)14(16)21-17(22)23/h2-3,6-7,24H,4-5,8H2,1H3. The van der Waals surface area contributed by atoms with Gasteiger partial charge in [0.1, 0.15) is 5.52 Å². The predicted octanol–water partition coefficient (Wildman–Crippen LogP) is 4.95. The molecule has 1 aromatic heterocycles. The summed E-state index contributed by atoms with van der Waals surface area (Å²) < 4.78 is 2.08. The van der Waals surface area contributed by atoms with E-state index in [9.17, 15) is 5.11 Å². The van der Waals surface area contributed by atoms with E-state index >= 15 is 0 Å². The van der Waals surface area contributed by atoms with Gasteiger partial charge >= 0.3 is 0 Å². The largest absolute Gasteiger partial charge is 0.392 e. The zero-order valence-corrected chi connectivity index (χ0v) is 15.1. The van der Waals surface area contributed by atoms with E-state index in [4.69, 9.17) is 39.8 Å². The van der Waals surface area contributed by atoms with Gasteiger partial charge in [-0.05, 0) is 30.7 Å². The molecular formula is C17H14Cl3N3O. The summed E-state index contributed by atoms with van der Waals surface area (Å²) in [6, 6.07) is 7.23. The topological polar surface area (TPSA) is 41.3 Å². The second-order valence-electron chi connectivity index (χ2n) is 5.83. The van der Waals surface area contributed by atoms with Crippen LogP contribution in [0.1, 0.15) is 11.1 Å². The SMILES string of the molecule is Cc1cc(Cl)cc(Cl)c1N1CCn2c1nc1c(Cl)ccc(CO)c12. The molecule has 24 heavy (non-hydrogen) atoms. The first-order chi connectivity index (χ1) is 11.5. The minimum atomic E-state index is -0.0560. The van der Waals surface area contributed by atoms with E-state index in [1.54, 1.807) is 12.1 Å². The van der Waals surface area contributed by atoms with Crippen LogP contribution >= 0.6 is 34.8 Å². The van der Waals surface area contributed by atoms with Crippen molar-refractivity contribution in [3.8, 4) is 0 Å². The molecule has 0 saturated carbocycles. The molecule has 0 atom stereocenters. The lowest BCUT2D eigenvalue weighted by Crippen LogP contribution is -2.16. The molecule has 0 bridgehead atoms. The summed E-state index contributed by atoms with van der Waals surface area (Å²) in [5, 5.41) is 11.4. The summed E-state index contributed by atoms with van der Waals surface area (Å²) >= 11 is 18.8. The molecule has 0 amide bonds. The van der Waals surface area contributed by atoms with Crippen molar-refractivity contribution in [2.75, 3.05) is 11.4 Å². The molecule has 0 spiro atoms. The van der Waals surface area contributed by atoms with E-state index in [2.05, 4.69) is 9.47 Å². The molecule has 1 aliphatic rings. The molecule has 3 aromatic rings. The highest BCUT2D eigenvalue weighted by Gasteiger charge is 2.29. The Hall–Kier alpha value is -1.46. The number of benzene rings is 2. The number of fused-ring (bicyclic) bond motifs is 3. The maximum Gasteiger partial charge on any atom is 0.211 e. The zero-order valence-electron chi connectivity index (χ0n) is 12.9. The number of aryl methyl sites for hydroxylation is 1. The van der Waals surface area contributed by atoms with Crippen molar-refractivity contribution in [1.82, 2.24) is 9.55 Å². The van der Waals surface area contributed by atoms with E-state index < -0.39 is 0 Å². The minimum Gasteiger partial charge on any atom is -0.392 e. The van der Waals surface area contributed by atoms with Crippen molar-refractivity contribution in [1.29, 1.82) is 0 Å². The monoisotopic (exact) mass is 381 g/mol. The summed E-state index contributed by atoms with van der Waals surface area (Å²) in [5.74, 6) is 0.778. The number of halogens is 3. The molecule has 124 valence electrons. The zero-order chi connectivity index (χ0) is 17.0. The van der Waals surface area contributed by atoms with Gasteiger partial charge < -0.3 is 14.6 Å². The molecule has 2 aromatic carbocycles. The summed E-state index contributed by atoms with van der Waals surface area (Å²) in [5.41, 5.74) is 4.28. The van der Waals surface area contributed by atoms with Gasteiger partial charge in [0, 0.05) is 23.7 Å². The van der Waals surface area contributed by atoms with Crippen molar-refractivity contribution in [3.63, 3.8) is 0 Å². The highest BCUT2D eigenvalue weighted by Crippen LogP contribution is 2.41. The highest BCUT2D eigenvalue weighted by atomic mass is 35.5. The Labute approximate surface area is 154 Å². The van der Waals surface area contributed by atoms with Crippen LogP contribution in [0.3, 0.4) is 0 Å². The van der Waals surface area contributed by atoms with Crippen LogP contribution in [0.15, 0.2) is 24.3 Å². The summed E-state index contributed by atoms with van der Waals surface area (Å²) in [6.45, 7) is 3.42. The number of imidazole rings is 1. The smallest absolute Gasteiger partial charge is 0.211 e. The van der Waals surface area contributed by atoms with Crippen LogP contribution in [0.5, 0.6) is 0 Å². The van der Waals surface area contributed by atoms with Crippen LogP contribution < -0.4 is 4.90 Å². The average Bonchev–Trinajstić information content (AvgIpc) is 3.08. The number of hydrogen-bond acceptors (Lipinski definition) is 3. The van der Waals surface area contributed by atoms with Crippen molar-refractivity contribution < 1.29 is 5.11 Å². The Balaban J connectivity index is 1.95. The van der Waals surface area contributed by atoms with Crippen LogP contribution in [0, 0.1) is 6.92 Å². The van der Waals surface area contributed by atoms with Crippen LogP contribution in [0.25, 0.3) is 11.0 Å². The third-order valence-corrected chi connectivity index (χ3v) is 5.17. The van der Waals surface area contributed by atoms with Gasteiger partial charge in [-0.2, -0.15) is 0 Å². The Bertz CT molecular complexity index is 944. The molecule has 0 aliphatic carbocycles. The van der Waals surface area contributed by atoms with Crippen LogP contribution in [0.2, 0.25) is 15.1 Å². The van der Waals surface area contributed by atoms with Gasteiger partial charge in [0.2, 0.25) is 5.95 Å². The van der Waals surface area contributed by atoms with Crippen molar-refractivity contribution in [2.45, 2.75) is 20.1 Å². The lowest BCUT2D eigenvalue weighted by Gasteiger charge is -2.20. The van der Waals surface area contributed by atoms with E-state index in [0.717, 1.165) is 41.4 Å². The lowest BCUT2D eigenvalue weighted by molar-refractivity contribution is 0.283. The molecule has 4 rings (SSSR count). The Morgan fingerprint density at radius 3 is 2.62 bits per heavy atom. The number of aliphatic hydroxyl groups is 1. The second-order valence-corrected chi connectivity index (χ2v) is 7.08. The van der Waals surface area contributed by atoms with Crippen molar-refractivity contribution in [3.05, 3.63) is 50.5 Å². The van der Waals surface area contributed by atoms with Gasteiger partial charge in [0.25, 0.3) is 0 Å². The summed E-state index contributed by atoms with van der Waals surface area (Å²) in [4.78, 5) is 6.79. The molecule has 2 heterocycles. The Morgan fingerprint density at radius 2 is 1.92 bits per heavy atom. The lowest BCUT2D eigenvalue weighted by atomic mass is 10.2. The minimum absolute atomic E-state index is 0.0560. The van der Waals surface area contributed by atoms with Crippen molar-refractivity contribution >= 4 is 57.5 Å². The summed E-state index contributed by atoms with van der Waals surface area (Å²) in [6.07, 6.45) is 0. The van der Waals surface area contributed by atoms with E-state index in [0.29, 0.717) is 20.6 Å². The molecule has 7 heteroatoms. The third-order valence-electron chi connectivity index (χ3n) is 4.36. The first-order valence-electron chi connectivity index (χ1n) is 7.53. The number of anilines is 2. The highest BCUT2D eigenvalue weighted by molar-refractivity contribution is 6.37. The number of aliphatic hydroxyl groups excluding tert-OH is 1. The van der Waals surface area contributed by atoms with Crippen LogP contribution in [-0.4, -0.2) is 21.2 Å². The maximum absolute atomic E-state index is 9.64. The molecule has 1 N–H and O–H groups in total. The fourth-order valence-electron chi connectivity index (χ4n) is 3.36. The van der Waals surface area contributed by atoms with Gasteiger partial charge in [-0.25, -0.2) is 4.98 Å². The number of rotatable bonds is 2. The molecule has 0 saturated heterocycles. The van der Waals surface area contributed by atoms with Crippen LogP contribution in [-0.2, 0) is 13.2 Å². The predicted molar refractivity (Wildman–Crippen MR) is 98.9 cm³/mol. The van der Waals surface area contributed by atoms with Gasteiger partial charge in [-0.3, -0.25) is 0 Å². The molecular weight excluding hydrogens is 369 g/mol. The fourth-order valence-corrected chi connectivity index (χ4v) is 4.25. The first kappa shape index (κ1) is 16.0. The van der Waals surface area contributed by atoms with E-state index in [1.165, 1.54) is 0 Å². The van der Waals surface area contributed by atoms with Crippen molar-refractivity contribution in [2.24, 2.45) is 0 Å². The Morgan fingerprint density at radius 1 is 1.12 bits per heavy atom.